The Hall–Kier alpha value is -4.48. The predicted molar refractivity (Wildman–Crippen MR) is 138 cm³/mol. The number of allylic oxidation sites excluding steroid dienone is 4. The van der Waals surface area contributed by atoms with Gasteiger partial charge in [-0.15, -0.1) is 0 Å². The summed E-state index contributed by atoms with van der Waals surface area (Å²) in [6.07, 6.45) is -1.94. The van der Waals surface area contributed by atoms with Crippen LogP contribution in [0.1, 0.15) is 62.0 Å². The number of rotatable bonds is 7. The third-order valence-electron chi connectivity index (χ3n) is 7.56. The van der Waals surface area contributed by atoms with Gasteiger partial charge in [0.05, 0.1) is 16.9 Å². The van der Waals surface area contributed by atoms with Crippen LogP contribution in [-0.2, 0) is 20.6 Å². The van der Waals surface area contributed by atoms with E-state index in [1.807, 2.05) is 4.90 Å². The number of ether oxygens (including phenoxy) is 1. The maximum atomic E-state index is 13.3. The van der Waals surface area contributed by atoms with Crippen LogP contribution in [0.25, 0.3) is 0 Å². The average Bonchev–Trinajstić information content (AvgIpc) is 2.91. The summed E-state index contributed by atoms with van der Waals surface area (Å²) in [4.78, 5) is 50.3. The quantitative estimate of drug-likeness (QED) is 0.304. The van der Waals surface area contributed by atoms with Crippen LogP contribution in [0.15, 0.2) is 65.0 Å². The van der Waals surface area contributed by atoms with Crippen molar-refractivity contribution in [3.05, 3.63) is 86.2 Å². The van der Waals surface area contributed by atoms with Crippen molar-refractivity contribution >= 4 is 23.2 Å². The maximum Gasteiger partial charge on any atom is 0.416 e. The molecule has 2 aromatic carbocycles. The van der Waals surface area contributed by atoms with E-state index < -0.39 is 34.2 Å². The normalized spacial score (nSPS) is 17.9. The first-order valence-electron chi connectivity index (χ1n) is 13.1. The Balaban J connectivity index is 1.52. The standard InChI is InChI=1S/C29H25F3N2O7/c30-29(31,32)17-9-12-24(21(15-17)34(39)40)41-18-10-7-16(8-11-18)26-27-19(3-1-5-22(27)35)33(14-13-25(37)38)20-4-2-6-23(36)28(20)26/h7-12,15,26H,1-6,13-14H2,(H,37,38). The van der Waals surface area contributed by atoms with Crippen molar-refractivity contribution in [2.75, 3.05) is 6.54 Å². The summed E-state index contributed by atoms with van der Waals surface area (Å²) in [5.74, 6) is -2.11. The number of ketones is 2. The topological polar surface area (TPSA) is 127 Å². The molecule has 0 bridgehead atoms. The van der Waals surface area contributed by atoms with Gasteiger partial charge in [0, 0.05) is 53.9 Å². The number of nitrogens with zero attached hydrogens (tertiary/aromatic N) is 2. The summed E-state index contributed by atoms with van der Waals surface area (Å²) in [6, 6.07) is 8.21. The summed E-state index contributed by atoms with van der Waals surface area (Å²) in [6.45, 7) is 0.152. The van der Waals surface area contributed by atoms with Crippen LogP contribution in [0.3, 0.4) is 0 Å². The van der Waals surface area contributed by atoms with Crippen LogP contribution in [-0.4, -0.2) is 39.0 Å². The Morgan fingerprint density at radius 3 is 2.07 bits per heavy atom. The lowest BCUT2D eigenvalue weighted by Crippen LogP contribution is -2.39. The van der Waals surface area contributed by atoms with Crippen molar-refractivity contribution in [3.63, 3.8) is 0 Å². The van der Waals surface area contributed by atoms with Crippen LogP contribution >= 0.6 is 0 Å². The number of hydrogen-bond donors (Lipinski definition) is 1. The average molecular weight is 571 g/mol. The first-order chi connectivity index (χ1) is 19.5. The van der Waals surface area contributed by atoms with Crippen molar-refractivity contribution in [3.8, 4) is 11.5 Å². The van der Waals surface area contributed by atoms with Crippen molar-refractivity contribution in [2.24, 2.45) is 0 Å². The number of nitro benzene ring substituents is 1. The molecule has 0 atom stereocenters. The third kappa shape index (κ3) is 5.46. The molecule has 1 N–H and O–H groups in total. The fraction of sp³-hybridized carbons (Fsp3) is 0.345. The third-order valence-corrected chi connectivity index (χ3v) is 7.56. The van der Waals surface area contributed by atoms with E-state index in [1.165, 1.54) is 12.1 Å². The first kappa shape index (κ1) is 28.1. The van der Waals surface area contributed by atoms with Crippen LogP contribution in [0.2, 0.25) is 0 Å². The zero-order valence-electron chi connectivity index (χ0n) is 21.7. The molecule has 0 saturated heterocycles. The first-order valence-corrected chi connectivity index (χ1v) is 13.1. The summed E-state index contributed by atoms with van der Waals surface area (Å²) < 4.78 is 44.7. The zero-order chi connectivity index (χ0) is 29.5. The number of benzene rings is 2. The fourth-order valence-electron chi connectivity index (χ4n) is 5.81. The SMILES string of the molecule is O=C(O)CCN1C2=C(C(=O)CCC2)C(c2ccc(Oc3ccc(C(F)(F)F)cc3[N+](=O)[O-])cc2)C2=C1CCCC2=O. The van der Waals surface area contributed by atoms with Gasteiger partial charge in [-0.3, -0.25) is 24.5 Å². The Morgan fingerprint density at radius 2 is 1.56 bits per heavy atom. The molecule has 2 aliphatic carbocycles. The molecule has 2 aromatic rings. The molecule has 5 rings (SSSR count). The molecular formula is C29H25F3N2O7. The number of halogens is 3. The Kier molecular flexibility index (Phi) is 7.41. The number of nitro groups is 1. The van der Waals surface area contributed by atoms with Crippen molar-refractivity contribution in [1.82, 2.24) is 4.90 Å². The van der Waals surface area contributed by atoms with Crippen molar-refractivity contribution < 1.29 is 42.3 Å². The molecular weight excluding hydrogens is 545 g/mol. The lowest BCUT2D eigenvalue weighted by molar-refractivity contribution is -0.385. The molecule has 1 aliphatic heterocycles. The largest absolute Gasteiger partial charge is 0.481 e. The summed E-state index contributed by atoms with van der Waals surface area (Å²) in [7, 11) is 0. The molecule has 0 unspecified atom stereocenters. The van der Waals surface area contributed by atoms with Gasteiger partial charge in [-0.05, 0) is 55.5 Å². The van der Waals surface area contributed by atoms with E-state index in [0.29, 0.717) is 67.4 Å². The van der Waals surface area contributed by atoms with Crippen LogP contribution in [0, 0.1) is 10.1 Å². The second kappa shape index (κ2) is 10.8. The predicted octanol–water partition coefficient (Wildman–Crippen LogP) is 6.29. The van der Waals surface area contributed by atoms with Gasteiger partial charge in [0.15, 0.2) is 11.6 Å². The van der Waals surface area contributed by atoms with E-state index in [0.717, 1.165) is 17.5 Å². The van der Waals surface area contributed by atoms with E-state index in [4.69, 9.17) is 4.74 Å². The van der Waals surface area contributed by atoms with E-state index in [9.17, 15) is 42.8 Å². The smallest absolute Gasteiger partial charge is 0.416 e. The number of alkyl halides is 3. The number of hydrogen-bond acceptors (Lipinski definition) is 7. The van der Waals surface area contributed by atoms with E-state index >= 15 is 0 Å². The number of carbonyl (C=O) groups is 3. The second-order valence-corrected chi connectivity index (χ2v) is 10.1. The van der Waals surface area contributed by atoms with E-state index in [1.54, 1.807) is 12.1 Å². The van der Waals surface area contributed by atoms with Crippen LogP contribution < -0.4 is 4.74 Å². The monoisotopic (exact) mass is 570 g/mol. The number of aliphatic carboxylic acids is 1. The van der Waals surface area contributed by atoms with Gasteiger partial charge in [0.1, 0.15) is 5.75 Å². The van der Waals surface area contributed by atoms with Crippen LogP contribution in [0.5, 0.6) is 11.5 Å². The number of carboxylic acid groups (broad SMARTS) is 1. The zero-order valence-corrected chi connectivity index (χ0v) is 21.7. The molecule has 214 valence electrons. The Labute approximate surface area is 232 Å². The lowest BCUT2D eigenvalue weighted by atomic mass is 9.71. The van der Waals surface area contributed by atoms with Crippen molar-refractivity contribution in [1.29, 1.82) is 0 Å². The van der Waals surface area contributed by atoms with E-state index in [2.05, 4.69) is 0 Å². The molecule has 41 heavy (non-hydrogen) atoms. The summed E-state index contributed by atoms with van der Waals surface area (Å²) >= 11 is 0. The van der Waals surface area contributed by atoms with Gasteiger partial charge in [-0.25, -0.2) is 0 Å². The molecule has 12 heteroatoms. The molecule has 0 radical (unpaired) electrons. The fourth-order valence-corrected chi connectivity index (χ4v) is 5.81. The van der Waals surface area contributed by atoms with Gasteiger partial charge >= 0.3 is 17.8 Å². The van der Waals surface area contributed by atoms with E-state index in [-0.39, 0.29) is 36.0 Å². The minimum atomic E-state index is -4.76. The molecule has 0 fully saturated rings. The van der Waals surface area contributed by atoms with Gasteiger partial charge in [-0.1, -0.05) is 12.1 Å². The molecule has 0 aromatic heterocycles. The molecule has 0 spiro atoms. The lowest BCUT2D eigenvalue weighted by Gasteiger charge is -2.44. The summed E-state index contributed by atoms with van der Waals surface area (Å²) in [5.41, 5.74) is 1.02. The number of Topliss-reactive ketones (excluding diaryl/α,β-unsaturated/α-hetero) is 2. The van der Waals surface area contributed by atoms with Crippen LogP contribution in [0.4, 0.5) is 18.9 Å². The van der Waals surface area contributed by atoms with Gasteiger partial charge in [-0.2, -0.15) is 13.2 Å². The highest BCUT2D eigenvalue weighted by molar-refractivity contribution is 6.06. The second-order valence-electron chi connectivity index (χ2n) is 10.1. The minimum absolute atomic E-state index is 0.109. The highest BCUT2D eigenvalue weighted by atomic mass is 19.4. The highest BCUT2D eigenvalue weighted by Crippen LogP contribution is 2.49. The molecule has 3 aliphatic rings. The molecule has 0 saturated carbocycles. The van der Waals surface area contributed by atoms with Gasteiger partial charge in [0.25, 0.3) is 0 Å². The van der Waals surface area contributed by atoms with Gasteiger partial charge in [0.2, 0.25) is 5.75 Å². The van der Waals surface area contributed by atoms with Crippen molar-refractivity contribution in [2.45, 2.75) is 57.0 Å². The molecule has 1 heterocycles. The Bertz CT molecular complexity index is 1470. The summed E-state index contributed by atoms with van der Waals surface area (Å²) in [5, 5.41) is 20.7. The number of carboxylic acids is 1. The Morgan fingerprint density at radius 1 is 0.976 bits per heavy atom. The maximum absolute atomic E-state index is 13.3. The van der Waals surface area contributed by atoms with Gasteiger partial charge < -0.3 is 14.7 Å². The highest BCUT2D eigenvalue weighted by Gasteiger charge is 2.43. The number of carbonyl (C=O) groups excluding carboxylic acids is 2. The molecule has 0 amide bonds. The minimum Gasteiger partial charge on any atom is -0.481 e. The molecule has 9 nitrogen and oxygen atoms in total.